The van der Waals surface area contributed by atoms with E-state index in [9.17, 15) is 4.79 Å². The zero-order valence-corrected chi connectivity index (χ0v) is 12.9. The highest BCUT2D eigenvalue weighted by atomic mass is 16.5. The lowest BCUT2D eigenvalue weighted by molar-refractivity contribution is 0.0937. The first-order valence-electron chi connectivity index (χ1n) is 7.40. The fourth-order valence-electron chi connectivity index (χ4n) is 2.34. The van der Waals surface area contributed by atoms with Gasteiger partial charge < -0.3 is 10.1 Å². The molecule has 6 heteroatoms. The fraction of sp³-hybridized carbons (Fsp3) is 0.235. The zero-order chi connectivity index (χ0) is 16.1. The summed E-state index contributed by atoms with van der Waals surface area (Å²) < 4.78 is 6.75. The quantitative estimate of drug-likeness (QED) is 0.706. The predicted molar refractivity (Wildman–Crippen MR) is 87.3 cm³/mol. The van der Waals surface area contributed by atoms with E-state index in [4.69, 9.17) is 4.74 Å². The van der Waals surface area contributed by atoms with Crippen molar-refractivity contribution in [3.05, 3.63) is 59.9 Å². The smallest absolute Gasteiger partial charge is 0.252 e. The standard InChI is InChI=1S/C17H18N4O2/c1-23-8-7-18-17(22)15-9-14-11-20-21(16(14)19-10-15)12-13-5-3-2-4-6-13/h2-6,9-11H,7-8,12H2,1H3,(H,18,22). The van der Waals surface area contributed by atoms with E-state index in [0.717, 1.165) is 16.6 Å². The first kappa shape index (κ1) is 15.2. The number of nitrogens with one attached hydrogen (secondary N) is 1. The first-order chi connectivity index (χ1) is 11.3. The lowest BCUT2D eigenvalue weighted by Crippen LogP contribution is -2.27. The molecule has 0 aliphatic rings. The van der Waals surface area contributed by atoms with Crippen LogP contribution in [-0.4, -0.2) is 40.9 Å². The van der Waals surface area contributed by atoms with Gasteiger partial charge in [0.15, 0.2) is 5.65 Å². The van der Waals surface area contributed by atoms with Crippen molar-refractivity contribution in [3.63, 3.8) is 0 Å². The van der Waals surface area contributed by atoms with E-state index in [-0.39, 0.29) is 5.91 Å². The number of aromatic nitrogens is 3. The molecule has 0 aliphatic heterocycles. The summed E-state index contributed by atoms with van der Waals surface area (Å²) in [6, 6.07) is 11.9. The van der Waals surface area contributed by atoms with Crippen LogP contribution >= 0.6 is 0 Å². The van der Waals surface area contributed by atoms with Gasteiger partial charge in [-0.3, -0.25) is 4.79 Å². The van der Waals surface area contributed by atoms with Gasteiger partial charge in [-0.05, 0) is 11.6 Å². The number of ether oxygens (including phenoxy) is 1. The number of fused-ring (bicyclic) bond motifs is 1. The van der Waals surface area contributed by atoms with Gasteiger partial charge in [-0.25, -0.2) is 9.67 Å². The van der Waals surface area contributed by atoms with Gasteiger partial charge in [0.1, 0.15) is 0 Å². The summed E-state index contributed by atoms with van der Waals surface area (Å²) in [6.45, 7) is 1.60. The van der Waals surface area contributed by atoms with Gasteiger partial charge in [0.2, 0.25) is 0 Å². The molecule has 0 aliphatic carbocycles. The lowest BCUT2D eigenvalue weighted by Gasteiger charge is -2.05. The summed E-state index contributed by atoms with van der Waals surface area (Å²) in [7, 11) is 1.60. The number of benzene rings is 1. The number of pyridine rings is 1. The van der Waals surface area contributed by atoms with Crippen LogP contribution in [0, 0.1) is 0 Å². The predicted octanol–water partition coefficient (Wildman–Crippen LogP) is 1.86. The molecule has 118 valence electrons. The molecular formula is C17H18N4O2. The van der Waals surface area contributed by atoms with E-state index in [2.05, 4.69) is 15.4 Å². The molecule has 2 aromatic heterocycles. The monoisotopic (exact) mass is 310 g/mol. The van der Waals surface area contributed by atoms with E-state index < -0.39 is 0 Å². The lowest BCUT2D eigenvalue weighted by atomic mass is 10.2. The number of carbonyl (C=O) groups is 1. The van der Waals surface area contributed by atoms with E-state index in [1.54, 1.807) is 25.6 Å². The molecule has 0 saturated heterocycles. The van der Waals surface area contributed by atoms with Gasteiger partial charge >= 0.3 is 0 Å². The molecule has 0 fully saturated rings. The molecule has 0 atom stereocenters. The van der Waals surface area contributed by atoms with Gasteiger partial charge in [-0.15, -0.1) is 0 Å². The van der Waals surface area contributed by atoms with Crippen molar-refractivity contribution in [2.24, 2.45) is 0 Å². The minimum atomic E-state index is -0.160. The number of amides is 1. The minimum Gasteiger partial charge on any atom is -0.383 e. The number of hydrogen-bond acceptors (Lipinski definition) is 4. The topological polar surface area (TPSA) is 69.0 Å². The van der Waals surface area contributed by atoms with Gasteiger partial charge in [0.25, 0.3) is 5.91 Å². The second-order valence-corrected chi connectivity index (χ2v) is 5.17. The number of rotatable bonds is 6. The van der Waals surface area contributed by atoms with Crippen LogP contribution in [0.15, 0.2) is 48.8 Å². The Morgan fingerprint density at radius 2 is 2.09 bits per heavy atom. The summed E-state index contributed by atoms with van der Waals surface area (Å²) >= 11 is 0. The van der Waals surface area contributed by atoms with Gasteiger partial charge in [0.05, 0.1) is 24.9 Å². The van der Waals surface area contributed by atoms with Crippen LogP contribution in [0.2, 0.25) is 0 Å². The van der Waals surface area contributed by atoms with Crippen LogP contribution in [0.3, 0.4) is 0 Å². The van der Waals surface area contributed by atoms with Crippen molar-refractivity contribution >= 4 is 16.9 Å². The highest BCUT2D eigenvalue weighted by Crippen LogP contribution is 2.14. The van der Waals surface area contributed by atoms with Crippen molar-refractivity contribution in [1.82, 2.24) is 20.1 Å². The van der Waals surface area contributed by atoms with Crippen molar-refractivity contribution in [3.8, 4) is 0 Å². The van der Waals surface area contributed by atoms with Crippen LogP contribution in [0.5, 0.6) is 0 Å². The Morgan fingerprint density at radius 1 is 1.26 bits per heavy atom. The third-order valence-electron chi connectivity index (χ3n) is 3.50. The summed E-state index contributed by atoms with van der Waals surface area (Å²) in [5.74, 6) is -0.160. The number of nitrogens with zero attached hydrogens (tertiary/aromatic N) is 3. The maximum Gasteiger partial charge on any atom is 0.252 e. The summed E-state index contributed by atoms with van der Waals surface area (Å²) in [5, 5.41) is 8.00. The number of methoxy groups -OCH3 is 1. The highest BCUT2D eigenvalue weighted by Gasteiger charge is 2.10. The van der Waals surface area contributed by atoms with Gasteiger partial charge in [0, 0.05) is 25.2 Å². The highest BCUT2D eigenvalue weighted by molar-refractivity contribution is 5.96. The third kappa shape index (κ3) is 3.54. The van der Waals surface area contributed by atoms with Gasteiger partial charge in [-0.2, -0.15) is 5.10 Å². The van der Waals surface area contributed by atoms with Crippen LogP contribution in [-0.2, 0) is 11.3 Å². The third-order valence-corrected chi connectivity index (χ3v) is 3.50. The van der Waals surface area contributed by atoms with Crippen molar-refractivity contribution in [2.45, 2.75) is 6.54 Å². The molecule has 3 aromatic rings. The molecule has 0 bridgehead atoms. The van der Waals surface area contributed by atoms with Crippen LogP contribution in [0.25, 0.3) is 11.0 Å². The molecule has 1 amide bonds. The second-order valence-electron chi connectivity index (χ2n) is 5.17. The van der Waals surface area contributed by atoms with Crippen molar-refractivity contribution in [2.75, 3.05) is 20.3 Å². The zero-order valence-electron chi connectivity index (χ0n) is 12.9. The molecule has 0 radical (unpaired) electrons. The summed E-state index contributed by atoms with van der Waals surface area (Å²) in [4.78, 5) is 16.4. The van der Waals surface area contributed by atoms with E-state index in [1.807, 2.05) is 35.0 Å². The molecule has 6 nitrogen and oxygen atoms in total. The van der Waals surface area contributed by atoms with E-state index in [1.165, 1.54) is 0 Å². The molecule has 1 aromatic carbocycles. The van der Waals surface area contributed by atoms with Crippen molar-refractivity contribution < 1.29 is 9.53 Å². The SMILES string of the molecule is COCCNC(=O)c1cnc2c(cnn2Cc2ccccc2)c1. The maximum absolute atomic E-state index is 12.0. The summed E-state index contributed by atoms with van der Waals surface area (Å²) in [5.41, 5.74) is 2.44. The number of carbonyl (C=O) groups excluding carboxylic acids is 1. The Labute approximate surface area is 134 Å². The average molecular weight is 310 g/mol. The Balaban J connectivity index is 1.78. The first-order valence-corrected chi connectivity index (χ1v) is 7.40. The summed E-state index contributed by atoms with van der Waals surface area (Å²) in [6.07, 6.45) is 3.31. The Morgan fingerprint density at radius 3 is 2.87 bits per heavy atom. The molecule has 3 rings (SSSR count). The Kier molecular flexibility index (Phi) is 4.63. The molecule has 1 N–H and O–H groups in total. The normalized spacial score (nSPS) is 10.8. The van der Waals surface area contributed by atoms with Crippen LogP contribution in [0.1, 0.15) is 15.9 Å². The molecule has 0 saturated carbocycles. The van der Waals surface area contributed by atoms with Crippen molar-refractivity contribution in [1.29, 1.82) is 0 Å². The minimum absolute atomic E-state index is 0.160. The molecular weight excluding hydrogens is 292 g/mol. The Hall–Kier alpha value is -2.73. The van der Waals surface area contributed by atoms with Crippen LogP contribution < -0.4 is 5.32 Å². The largest absolute Gasteiger partial charge is 0.383 e. The molecule has 2 heterocycles. The maximum atomic E-state index is 12.0. The van der Waals surface area contributed by atoms with E-state index >= 15 is 0 Å². The molecule has 23 heavy (non-hydrogen) atoms. The van der Waals surface area contributed by atoms with Crippen LogP contribution in [0.4, 0.5) is 0 Å². The average Bonchev–Trinajstić information content (AvgIpc) is 2.98. The molecule has 0 spiro atoms. The second kappa shape index (κ2) is 7.02. The fourth-order valence-corrected chi connectivity index (χ4v) is 2.34. The van der Waals surface area contributed by atoms with Gasteiger partial charge in [-0.1, -0.05) is 30.3 Å². The van der Waals surface area contributed by atoms with E-state index in [0.29, 0.717) is 25.3 Å². The molecule has 0 unspecified atom stereocenters. The number of hydrogen-bond donors (Lipinski definition) is 1. The Bertz CT molecular complexity index is 799.